The average Bonchev–Trinajstić information content (AvgIpc) is 2.19. The van der Waals surface area contributed by atoms with E-state index in [1.807, 2.05) is 31.2 Å². The van der Waals surface area contributed by atoms with Crippen LogP contribution in [0.2, 0.25) is 0 Å². The van der Waals surface area contributed by atoms with Crippen molar-refractivity contribution in [2.45, 2.75) is 13.3 Å². The summed E-state index contributed by atoms with van der Waals surface area (Å²) in [6, 6.07) is 7.83. The molecular weight excluding hydrogens is 178 g/mol. The molecule has 0 radical (unpaired) electrons. The molecule has 14 heavy (non-hydrogen) atoms. The van der Waals surface area contributed by atoms with Crippen molar-refractivity contribution < 1.29 is 9.84 Å². The van der Waals surface area contributed by atoms with Crippen molar-refractivity contribution in [2.75, 3.05) is 25.1 Å². The lowest BCUT2D eigenvalue weighted by Gasteiger charge is -2.07. The van der Waals surface area contributed by atoms with Crippen molar-refractivity contribution in [1.29, 1.82) is 0 Å². The Bertz CT molecular complexity index is 263. The van der Waals surface area contributed by atoms with E-state index >= 15 is 0 Å². The highest BCUT2D eigenvalue weighted by atomic mass is 16.5. The molecule has 0 heterocycles. The Morgan fingerprint density at radius 3 is 3.00 bits per heavy atom. The molecule has 0 fully saturated rings. The van der Waals surface area contributed by atoms with Gasteiger partial charge in [0, 0.05) is 24.9 Å². The lowest BCUT2D eigenvalue weighted by atomic mass is 10.3. The van der Waals surface area contributed by atoms with E-state index in [-0.39, 0.29) is 6.61 Å². The number of rotatable bonds is 6. The third kappa shape index (κ3) is 3.66. The first-order chi connectivity index (χ1) is 6.86. The molecule has 0 aromatic heterocycles. The minimum Gasteiger partial charge on any atom is -0.494 e. The average molecular weight is 195 g/mol. The highest BCUT2D eigenvalue weighted by Crippen LogP contribution is 2.16. The van der Waals surface area contributed by atoms with Gasteiger partial charge in [-0.25, -0.2) is 0 Å². The summed E-state index contributed by atoms with van der Waals surface area (Å²) in [5, 5.41) is 11.8. The van der Waals surface area contributed by atoms with Crippen molar-refractivity contribution in [3.63, 3.8) is 0 Å². The maximum absolute atomic E-state index is 8.62. The van der Waals surface area contributed by atoms with Crippen LogP contribution in [0.4, 0.5) is 5.69 Å². The molecule has 0 amide bonds. The third-order valence-electron chi connectivity index (χ3n) is 1.81. The number of aliphatic hydroxyl groups excluding tert-OH is 1. The molecule has 2 N–H and O–H groups in total. The molecule has 78 valence electrons. The van der Waals surface area contributed by atoms with Gasteiger partial charge in [0.1, 0.15) is 5.75 Å². The van der Waals surface area contributed by atoms with Crippen LogP contribution in [0.15, 0.2) is 24.3 Å². The fourth-order valence-corrected chi connectivity index (χ4v) is 1.17. The van der Waals surface area contributed by atoms with Gasteiger partial charge in [-0.1, -0.05) is 6.07 Å². The summed E-state index contributed by atoms with van der Waals surface area (Å²) in [6.45, 7) is 3.65. The minimum absolute atomic E-state index is 0.220. The third-order valence-corrected chi connectivity index (χ3v) is 1.81. The molecule has 0 aliphatic heterocycles. The number of aliphatic hydroxyl groups is 1. The zero-order chi connectivity index (χ0) is 10.2. The second-order valence-electron chi connectivity index (χ2n) is 2.96. The molecule has 3 heteroatoms. The maximum Gasteiger partial charge on any atom is 0.121 e. The van der Waals surface area contributed by atoms with Crippen molar-refractivity contribution in [3.05, 3.63) is 24.3 Å². The van der Waals surface area contributed by atoms with Crippen molar-refractivity contribution >= 4 is 5.69 Å². The summed E-state index contributed by atoms with van der Waals surface area (Å²) in [5.41, 5.74) is 1.03. The van der Waals surface area contributed by atoms with E-state index in [4.69, 9.17) is 9.84 Å². The Morgan fingerprint density at radius 1 is 1.43 bits per heavy atom. The Hall–Kier alpha value is -1.22. The summed E-state index contributed by atoms with van der Waals surface area (Å²) < 4.78 is 5.36. The molecule has 3 nitrogen and oxygen atoms in total. The van der Waals surface area contributed by atoms with Gasteiger partial charge in [0.25, 0.3) is 0 Å². The van der Waals surface area contributed by atoms with Crippen LogP contribution in [0.3, 0.4) is 0 Å². The number of benzene rings is 1. The van der Waals surface area contributed by atoms with E-state index in [2.05, 4.69) is 5.32 Å². The standard InChI is InChI=1S/C11H17NO2/c1-2-14-11-6-3-5-10(9-11)12-7-4-8-13/h3,5-6,9,12-13H,2,4,7-8H2,1H3. The number of ether oxygens (including phenoxy) is 1. The molecule has 1 aromatic rings. The molecular formula is C11H17NO2. The minimum atomic E-state index is 0.220. The fraction of sp³-hybridized carbons (Fsp3) is 0.455. The smallest absolute Gasteiger partial charge is 0.121 e. The van der Waals surface area contributed by atoms with Gasteiger partial charge in [0.2, 0.25) is 0 Å². The summed E-state index contributed by atoms with van der Waals surface area (Å²) in [6.07, 6.45) is 0.763. The molecule has 0 spiro atoms. The lowest BCUT2D eigenvalue weighted by molar-refractivity contribution is 0.292. The van der Waals surface area contributed by atoms with Crippen LogP contribution < -0.4 is 10.1 Å². The Kier molecular flexibility index (Phi) is 4.86. The van der Waals surface area contributed by atoms with Crippen molar-refractivity contribution in [2.24, 2.45) is 0 Å². The van der Waals surface area contributed by atoms with E-state index in [1.165, 1.54) is 0 Å². The zero-order valence-corrected chi connectivity index (χ0v) is 8.49. The van der Waals surface area contributed by atoms with Gasteiger partial charge in [-0.05, 0) is 25.5 Å². The van der Waals surface area contributed by atoms with Gasteiger partial charge in [-0.2, -0.15) is 0 Å². The molecule has 0 unspecified atom stereocenters. The number of hydrogen-bond donors (Lipinski definition) is 2. The van der Waals surface area contributed by atoms with Crippen LogP contribution in [0, 0.1) is 0 Å². The topological polar surface area (TPSA) is 41.5 Å². The van der Waals surface area contributed by atoms with Gasteiger partial charge in [-0.3, -0.25) is 0 Å². The lowest BCUT2D eigenvalue weighted by Crippen LogP contribution is -2.03. The van der Waals surface area contributed by atoms with Gasteiger partial charge in [0.15, 0.2) is 0 Å². The van der Waals surface area contributed by atoms with Gasteiger partial charge in [-0.15, -0.1) is 0 Å². The number of nitrogens with one attached hydrogen (secondary N) is 1. The molecule has 0 saturated heterocycles. The SMILES string of the molecule is CCOc1cccc(NCCCO)c1. The zero-order valence-electron chi connectivity index (χ0n) is 8.49. The predicted octanol–water partition coefficient (Wildman–Crippen LogP) is 1.88. The first kappa shape index (κ1) is 10.9. The van der Waals surface area contributed by atoms with E-state index in [9.17, 15) is 0 Å². The van der Waals surface area contributed by atoms with E-state index in [0.29, 0.717) is 6.61 Å². The Balaban J connectivity index is 2.46. The Morgan fingerprint density at radius 2 is 2.29 bits per heavy atom. The summed E-state index contributed by atoms with van der Waals surface area (Å²) in [7, 11) is 0. The predicted molar refractivity (Wildman–Crippen MR) is 57.8 cm³/mol. The van der Waals surface area contributed by atoms with Crippen molar-refractivity contribution in [3.8, 4) is 5.75 Å². The van der Waals surface area contributed by atoms with E-state index in [0.717, 1.165) is 24.4 Å². The molecule has 0 atom stereocenters. The van der Waals surface area contributed by atoms with E-state index in [1.54, 1.807) is 0 Å². The second kappa shape index (κ2) is 6.27. The highest BCUT2D eigenvalue weighted by molar-refractivity contribution is 5.48. The summed E-state index contributed by atoms with van der Waals surface area (Å²) in [5.74, 6) is 0.876. The molecule has 0 saturated carbocycles. The van der Waals surface area contributed by atoms with Gasteiger partial charge in [0.05, 0.1) is 6.61 Å². The molecule has 0 aliphatic rings. The highest BCUT2D eigenvalue weighted by Gasteiger charge is 1.94. The van der Waals surface area contributed by atoms with Gasteiger partial charge >= 0.3 is 0 Å². The second-order valence-corrected chi connectivity index (χ2v) is 2.96. The van der Waals surface area contributed by atoms with Crippen LogP contribution >= 0.6 is 0 Å². The summed E-state index contributed by atoms with van der Waals surface area (Å²) in [4.78, 5) is 0. The first-order valence-electron chi connectivity index (χ1n) is 4.94. The maximum atomic E-state index is 8.62. The first-order valence-corrected chi connectivity index (χ1v) is 4.94. The van der Waals surface area contributed by atoms with Crippen molar-refractivity contribution in [1.82, 2.24) is 0 Å². The van der Waals surface area contributed by atoms with Crippen LogP contribution in [0.25, 0.3) is 0 Å². The largest absolute Gasteiger partial charge is 0.494 e. The molecule has 1 aromatic carbocycles. The van der Waals surface area contributed by atoms with Crippen LogP contribution in [0.1, 0.15) is 13.3 Å². The van der Waals surface area contributed by atoms with Crippen LogP contribution in [0.5, 0.6) is 5.75 Å². The van der Waals surface area contributed by atoms with Crippen LogP contribution in [-0.2, 0) is 0 Å². The fourth-order valence-electron chi connectivity index (χ4n) is 1.17. The normalized spacial score (nSPS) is 9.86. The monoisotopic (exact) mass is 195 g/mol. The molecule has 1 rings (SSSR count). The van der Waals surface area contributed by atoms with E-state index < -0.39 is 0 Å². The number of anilines is 1. The Labute approximate surface area is 84.7 Å². The quantitative estimate of drug-likeness (QED) is 0.681. The molecule has 0 bridgehead atoms. The molecule has 0 aliphatic carbocycles. The van der Waals surface area contributed by atoms with Crippen LogP contribution in [-0.4, -0.2) is 24.9 Å². The number of hydrogen-bond acceptors (Lipinski definition) is 3. The summed E-state index contributed by atoms with van der Waals surface area (Å²) >= 11 is 0. The van der Waals surface area contributed by atoms with Gasteiger partial charge < -0.3 is 15.2 Å².